The fraction of sp³-hybridized carbons (Fsp3) is 0.250. The fourth-order valence-electron chi connectivity index (χ4n) is 1.13. The third-order valence-corrected chi connectivity index (χ3v) is 1.68. The smallest absolute Gasteiger partial charge is 0.137 e. The number of hydrogen-bond acceptors (Lipinski definition) is 2. The molecule has 0 amide bonds. The van der Waals surface area contributed by atoms with Crippen molar-refractivity contribution in [3.8, 4) is 0 Å². The van der Waals surface area contributed by atoms with E-state index >= 15 is 0 Å². The Morgan fingerprint density at radius 1 is 1.55 bits per heavy atom. The van der Waals surface area contributed by atoms with Crippen molar-refractivity contribution in [2.45, 2.75) is 13.0 Å². The molecule has 0 aliphatic heterocycles. The molecule has 0 fully saturated rings. The molecule has 0 aromatic carbocycles. The molecule has 0 bridgehead atoms. The van der Waals surface area contributed by atoms with Crippen molar-refractivity contribution in [1.82, 2.24) is 14.8 Å². The van der Waals surface area contributed by atoms with E-state index in [1.807, 2.05) is 4.68 Å². The predicted molar refractivity (Wildman–Crippen MR) is 41.9 cm³/mol. The van der Waals surface area contributed by atoms with Gasteiger partial charge in [0.1, 0.15) is 12.7 Å². The third kappa shape index (κ3) is 1.37. The summed E-state index contributed by atoms with van der Waals surface area (Å²) < 4.78 is 1.83. The van der Waals surface area contributed by atoms with Crippen molar-refractivity contribution >= 4 is 0 Å². The molecule has 3 heteroatoms. The van der Waals surface area contributed by atoms with Gasteiger partial charge in [-0.1, -0.05) is 18.2 Å². The Balaban J connectivity index is 2.02. The van der Waals surface area contributed by atoms with E-state index in [9.17, 15) is 0 Å². The van der Waals surface area contributed by atoms with Crippen LogP contribution < -0.4 is 0 Å². The van der Waals surface area contributed by atoms with Gasteiger partial charge >= 0.3 is 0 Å². The molecule has 0 atom stereocenters. The average Bonchev–Trinajstić information content (AvgIpc) is 2.60. The van der Waals surface area contributed by atoms with Crippen LogP contribution in [0, 0.1) is 0 Å². The Morgan fingerprint density at radius 2 is 2.55 bits per heavy atom. The van der Waals surface area contributed by atoms with E-state index in [4.69, 9.17) is 0 Å². The maximum Gasteiger partial charge on any atom is 0.137 e. The first kappa shape index (κ1) is 6.34. The zero-order chi connectivity index (χ0) is 7.52. The third-order valence-electron chi connectivity index (χ3n) is 1.68. The minimum atomic E-state index is 0.868. The Kier molecular flexibility index (Phi) is 1.55. The lowest BCUT2D eigenvalue weighted by atomic mass is 10.2. The number of rotatable bonds is 2. The van der Waals surface area contributed by atoms with Gasteiger partial charge in [0.25, 0.3) is 0 Å². The van der Waals surface area contributed by atoms with Gasteiger partial charge in [0.05, 0.1) is 6.54 Å². The molecule has 56 valence electrons. The normalized spacial score (nSPS) is 15.5. The number of allylic oxidation sites excluding steroid dienone is 4. The Labute approximate surface area is 65.1 Å². The second kappa shape index (κ2) is 2.70. The van der Waals surface area contributed by atoms with Gasteiger partial charge in [-0.05, 0) is 12.0 Å². The molecular weight excluding hydrogens is 138 g/mol. The van der Waals surface area contributed by atoms with Crippen molar-refractivity contribution in [2.75, 3.05) is 0 Å². The van der Waals surface area contributed by atoms with Crippen LogP contribution in [0.5, 0.6) is 0 Å². The van der Waals surface area contributed by atoms with E-state index in [1.165, 1.54) is 5.57 Å². The van der Waals surface area contributed by atoms with Crippen LogP contribution in [0.15, 0.2) is 36.5 Å². The lowest BCUT2D eigenvalue weighted by Gasteiger charge is -1.99. The van der Waals surface area contributed by atoms with E-state index < -0.39 is 0 Å². The summed E-state index contributed by atoms with van der Waals surface area (Å²) >= 11 is 0. The maximum atomic E-state index is 4.02. The molecule has 1 aliphatic rings. The van der Waals surface area contributed by atoms with Crippen LogP contribution in [0.2, 0.25) is 0 Å². The molecule has 3 nitrogen and oxygen atoms in total. The highest BCUT2D eigenvalue weighted by atomic mass is 15.3. The number of hydrogen-bond donors (Lipinski definition) is 0. The van der Waals surface area contributed by atoms with Crippen molar-refractivity contribution in [3.05, 3.63) is 36.5 Å². The topological polar surface area (TPSA) is 30.7 Å². The summed E-state index contributed by atoms with van der Waals surface area (Å²) in [6.45, 7) is 0.868. The minimum Gasteiger partial charge on any atom is -0.249 e. The monoisotopic (exact) mass is 147 g/mol. The van der Waals surface area contributed by atoms with Gasteiger partial charge in [-0.15, -0.1) is 0 Å². The summed E-state index contributed by atoms with van der Waals surface area (Å²) in [5.41, 5.74) is 1.38. The van der Waals surface area contributed by atoms with E-state index in [2.05, 4.69) is 28.3 Å². The van der Waals surface area contributed by atoms with Crippen LogP contribution in [-0.4, -0.2) is 14.8 Å². The Bertz CT molecular complexity index is 282. The standard InChI is InChI=1S/C8H9N3/c1-2-4-8(3-1)5-11-7-9-6-10-11/h1-3,6-7H,4-5H2. The summed E-state index contributed by atoms with van der Waals surface area (Å²) in [5.74, 6) is 0. The minimum absolute atomic E-state index is 0.868. The predicted octanol–water partition coefficient (Wildman–Crippen LogP) is 1.16. The Morgan fingerprint density at radius 3 is 3.18 bits per heavy atom. The molecule has 1 heterocycles. The van der Waals surface area contributed by atoms with E-state index in [-0.39, 0.29) is 0 Å². The van der Waals surface area contributed by atoms with Crippen molar-refractivity contribution < 1.29 is 0 Å². The summed E-state index contributed by atoms with van der Waals surface area (Å²) in [4.78, 5) is 3.87. The molecule has 1 aromatic rings. The van der Waals surface area contributed by atoms with Crippen LogP contribution >= 0.6 is 0 Å². The molecule has 0 radical (unpaired) electrons. The van der Waals surface area contributed by atoms with E-state index in [0.29, 0.717) is 0 Å². The lowest BCUT2D eigenvalue weighted by molar-refractivity contribution is 0.669. The molecule has 11 heavy (non-hydrogen) atoms. The van der Waals surface area contributed by atoms with Crippen LogP contribution in [-0.2, 0) is 6.54 Å². The average molecular weight is 147 g/mol. The molecule has 2 rings (SSSR count). The first-order valence-electron chi connectivity index (χ1n) is 3.62. The molecule has 0 saturated carbocycles. The van der Waals surface area contributed by atoms with Crippen LogP contribution in [0.25, 0.3) is 0 Å². The molecule has 0 N–H and O–H groups in total. The van der Waals surface area contributed by atoms with Gasteiger partial charge in [0.15, 0.2) is 0 Å². The van der Waals surface area contributed by atoms with Gasteiger partial charge in [-0.25, -0.2) is 9.67 Å². The van der Waals surface area contributed by atoms with Crippen LogP contribution in [0.4, 0.5) is 0 Å². The summed E-state index contributed by atoms with van der Waals surface area (Å²) in [6, 6.07) is 0. The second-order valence-corrected chi connectivity index (χ2v) is 2.55. The molecule has 0 unspecified atom stereocenters. The van der Waals surface area contributed by atoms with Crippen molar-refractivity contribution in [3.63, 3.8) is 0 Å². The van der Waals surface area contributed by atoms with Crippen LogP contribution in [0.1, 0.15) is 6.42 Å². The second-order valence-electron chi connectivity index (χ2n) is 2.55. The first-order chi connectivity index (χ1) is 5.45. The molecular formula is C8H9N3. The highest BCUT2D eigenvalue weighted by molar-refractivity contribution is 5.22. The molecule has 0 spiro atoms. The van der Waals surface area contributed by atoms with Crippen molar-refractivity contribution in [1.29, 1.82) is 0 Å². The fourth-order valence-corrected chi connectivity index (χ4v) is 1.13. The summed E-state index contributed by atoms with van der Waals surface area (Å²) in [7, 11) is 0. The number of aromatic nitrogens is 3. The maximum absolute atomic E-state index is 4.02. The lowest BCUT2D eigenvalue weighted by Crippen LogP contribution is -1.99. The largest absolute Gasteiger partial charge is 0.249 e. The van der Waals surface area contributed by atoms with Crippen LogP contribution in [0.3, 0.4) is 0 Å². The number of nitrogens with zero attached hydrogens (tertiary/aromatic N) is 3. The highest BCUT2D eigenvalue weighted by Crippen LogP contribution is 2.11. The highest BCUT2D eigenvalue weighted by Gasteiger charge is 1.99. The zero-order valence-corrected chi connectivity index (χ0v) is 6.14. The molecule has 0 saturated heterocycles. The van der Waals surface area contributed by atoms with Gasteiger partial charge in [-0.3, -0.25) is 0 Å². The van der Waals surface area contributed by atoms with Crippen molar-refractivity contribution in [2.24, 2.45) is 0 Å². The summed E-state index contributed by atoms with van der Waals surface area (Å²) in [5, 5.41) is 4.02. The Hall–Kier alpha value is -1.38. The summed E-state index contributed by atoms with van der Waals surface area (Å²) in [6.07, 6.45) is 10.7. The van der Waals surface area contributed by atoms with Gasteiger partial charge in [-0.2, -0.15) is 5.10 Å². The van der Waals surface area contributed by atoms with Gasteiger partial charge < -0.3 is 0 Å². The first-order valence-corrected chi connectivity index (χ1v) is 3.62. The molecule has 1 aliphatic carbocycles. The quantitative estimate of drug-likeness (QED) is 0.628. The molecule has 1 aromatic heterocycles. The zero-order valence-electron chi connectivity index (χ0n) is 6.14. The van der Waals surface area contributed by atoms with Gasteiger partial charge in [0, 0.05) is 0 Å². The SMILES string of the molecule is C1=CCC(Cn2cncn2)=C1. The van der Waals surface area contributed by atoms with E-state index in [0.717, 1.165) is 13.0 Å². The van der Waals surface area contributed by atoms with Gasteiger partial charge in [0.2, 0.25) is 0 Å². The van der Waals surface area contributed by atoms with E-state index in [1.54, 1.807) is 12.7 Å².